The SMILES string of the molecule is CC(C)[C@H](N)C(=O)NCCCC[C@H](NC(=O)OC(C)(C)C)C(=O)O. The van der Waals surface area contributed by atoms with Crippen LogP contribution in [0.25, 0.3) is 0 Å². The van der Waals surface area contributed by atoms with E-state index in [0.717, 1.165) is 0 Å². The van der Waals surface area contributed by atoms with Gasteiger partial charge >= 0.3 is 12.1 Å². The lowest BCUT2D eigenvalue weighted by atomic mass is 10.0. The number of nitrogens with one attached hydrogen (secondary N) is 2. The highest BCUT2D eigenvalue weighted by Crippen LogP contribution is 2.08. The number of hydrogen-bond donors (Lipinski definition) is 4. The average molecular weight is 345 g/mol. The lowest BCUT2D eigenvalue weighted by Crippen LogP contribution is -2.44. The zero-order chi connectivity index (χ0) is 18.9. The number of carboxylic acids is 1. The maximum absolute atomic E-state index is 11.7. The Balaban J connectivity index is 4.13. The monoisotopic (exact) mass is 345 g/mol. The number of alkyl carbamates (subject to hydrolysis) is 1. The van der Waals surface area contributed by atoms with Crippen LogP contribution < -0.4 is 16.4 Å². The number of aliphatic carboxylic acids is 1. The quantitative estimate of drug-likeness (QED) is 0.465. The normalized spacial score (nSPS) is 14.0. The van der Waals surface area contributed by atoms with Crippen molar-refractivity contribution in [2.75, 3.05) is 6.54 Å². The Labute approximate surface area is 143 Å². The summed E-state index contributed by atoms with van der Waals surface area (Å²) >= 11 is 0. The van der Waals surface area contributed by atoms with Gasteiger partial charge in [0.15, 0.2) is 0 Å². The number of hydrogen-bond acceptors (Lipinski definition) is 5. The number of unbranched alkanes of at least 4 members (excludes halogenated alkanes) is 1. The minimum absolute atomic E-state index is 0.0550. The Hall–Kier alpha value is -1.83. The second-order valence-electron chi connectivity index (χ2n) is 7.09. The van der Waals surface area contributed by atoms with Gasteiger partial charge in [-0.3, -0.25) is 4.79 Å². The molecule has 0 aliphatic rings. The van der Waals surface area contributed by atoms with Crippen molar-refractivity contribution in [3.05, 3.63) is 0 Å². The van der Waals surface area contributed by atoms with Crippen molar-refractivity contribution in [1.29, 1.82) is 0 Å². The maximum atomic E-state index is 11.7. The molecule has 2 amide bonds. The number of ether oxygens (including phenoxy) is 1. The maximum Gasteiger partial charge on any atom is 0.408 e. The van der Waals surface area contributed by atoms with Crippen molar-refractivity contribution in [2.45, 2.75) is 71.6 Å². The first-order valence-electron chi connectivity index (χ1n) is 8.19. The first-order chi connectivity index (χ1) is 10.9. The van der Waals surface area contributed by atoms with Gasteiger partial charge < -0.3 is 26.2 Å². The van der Waals surface area contributed by atoms with Crippen molar-refractivity contribution in [1.82, 2.24) is 10.6 Å². The molecule has 0 aliphatic heterocycles. The average Bonchev–Trinajstić information content (AvgIpc) is 2.42. The van der Waals surface area contributed by atoms with Crippen LogP contribution in [-0.2, 0) is 14.3 Å². The summed E-state index contributed by atoms with van der Waals surface area (Å²) in [6, 6.07) is -1.57. The molecule has 0 saturated heterocycles. The van der Waals surface area contributed by atoms with Crippen LogP contribution in [0.2, 0.25) is 0 Å². The third-order valence-electron chi connectivity index (χ3n) is 3.23. The molecule has 140 valence electrons. The Kier molecular flexibility index (Phi) is 9.35. The highest BCUT2D eigenvalue weighted by molar-refractivity contribution is 5.81. The zero-order valence-electron chi connectivity index (χ0n) is 15.2. The number of carbonyl (C=O) groups excluding carboxylic acids is 2. The molecule has 0 spiro atoms. The van der Waals surface area contributed by atoms with Crippen molar-refractivity contribution in [2.24, 2.45) is 11.7 Å². The Bertz CT molecular complexity index is 432. The van der Waals surface area contributed by atoms with Crippen LogP contribution in [0.1, 0.15) is 53.9 Å². The second-order valence-corrected chi connectivity index (χ2v) is 7.09. The number of rotatable bonds is 9. The molecule has 0 unspecified atom stereocenters. The molecule has 0 saturated carbocycles. The largest absolute Gasteiger partial charge is 0.480 e. The summed E-state index contributed by atoms with van der Waals surface area (Å²) in [5, 5.41) is 14.2. The summed E-state index contributed by atoms with van der Waals surface area (Å²) in [6.07, 6.45) is 0.618. The van der Waals surface area contributed by atoms with Gasteiger partial charge in [-0.25, -0.2) is 9.59 Å². The van der Waals surface area contributed by atoms with Gasteiger partial charge in [0.05, 0.1) is 6.04 Å². The van der Waals surface area contributed by atoms with Gasteiger partial charge in [-0.05, 0) is 46.0 Å². The standard InChI is InChI=1S/C16H31N3O5/c1-10(2)12(17)13(20)18-9-7-6-8-11(14(21)22)19-15(23)24-16(3,4)5/h10-12H,6-9,17H2,1-5H3,(H,18,20)(H,19,23)(H,21,22)/t11-,12-/m0/s1. The highest BCUT2D eigenvalue weighted by Gasteiger charge is 2.23. The van der Waals surface area contributed by atoms with Crippen LogP contribution in [-0.4, -0.2) is 47.3 Å². The first-order valence-corrected chi connectivity index (χ1v) is 8.19. The van der Waals surface area contributed by atoms with Gasteiger partial charge in [0.2, 0.25) is 5.91 Å². The van der Waals surface area contributed by atoms with Crippen molar-refractivity contribution < 1.29 is 24.2 Å². The molecule has 0 fully saturated rings. The van der Waals surface area contributed by atoms with Gasteiger partial charge in [-0.15, -0.1) is 0 Å². The van der Waals surface area contributed by atoms with E-state index in [9.17, 15) is 14.4 Å². The lowest BCUT2D eigenvalue weighted by molar-refractivity contribution is -0.139. The molecule has 0 aromatic rings. The molecule has 0 aromatic heterocycles. The molecular formula is C16H31N3O5. The van der Waals surface area contributed by atoms with E-state index in [-0.39, 0.29) is 18.2 Å². The lowest BCUT2D eigenvalue weighted by Gasteiger charge is -2.22. The first kappa shape index (κ1) is 22.2. The molecule has 8 heteroatoms. The fourth-order valence-electron chi connectivity index (χ4n) is 1.81. The molecule has 0 heterocycles. The molecule has 0 aromatic carbocycles. The predicted molar refractivity (Wildman–Crippen MR) is 90.5 cm³/mol. The zero-order valence-corrected chi connectivity index (χ0v) is 15.2. The summed E-state index contributed by atoms with van der Waals surface area (Å²) in [6.45, 7) is 9.25. The molecule has 2 atom stereocenters. The number of carboxylic acid groups (broad SMARTS) is 1. The minimum atomic E-state index is -1.12. The van der Waals surface area contributed by atoms with Gasteiger partial charge in [0.1, 0.15) is 11.6 Å². The van der Waals surface area contributed by atoms with E-state index >= 15 is 0 Å². The van der Waals surface area contributed by atoms with Crippen LogP contribution >= 0.6 is 0 Å². The van der Waals surface area contributed by atoms with Crippen molar-refractivity contribution in [3.63, 3.8) is 0 Å². The van der Waals surface area contributed by atoms with E-state index < -0.39 is 29.7 Å². The van der Waals surface area contributed by atoms with E-state index in [1.165, 1.54) is 0 Å². The van der Waals surface area contributed by atoms with E-state index in [1.807, 2.05) is 13.8 Å². The molecule has 0 aliphatic carbocycles. The number of amides is 2. The molecule has 0 bridgehead atoms. The smallest absolute Gasteiger partial charge is 0.408 e. The van der Waals surface area contributed by atoms with Crippen LogP contribution in [0, 0.1) is 5.92 Å². The predicted octanol–water partition coefficient (Wildman–Crippen LogP) is 1.23. The summed E-state index contributed by atoms with van der Waals surface area (Å²) in [4.78, 5) is 34.5. The molecule has 0 rings (SSSR count). The summed E-state index contributed by atoms with van der Waals surface area (Å²) in [7, 11) is 0. The molecule has 8 nitrogen and oxygen atoms in total. The van der Waals surface area contributed by atoms with E-state index in [0.29, 0.717) is 19.4 Å². The minimum Gasteiger partial charge on any atom is -0.480 e. The topological polar surface area (TPSA) is 131 Å². The third kappa shape index (κ3) is 10.0. The van der Waals surface area contributed by atoms with Crippen LogP contribution in [0.15, 0.2) is 0 Å². The van der Waals surface area contributed by atoms with Gasteiger partial charge in [0, 0.05) is 6.54 Å². The van der Waals surface area contributed by atoms with Gasteiger partial charge in [0.25, 0.3) is 0 Å². The van der Waals surface area contributed by atoms with E-state index in [2.05, 4.69) is 10.6 Å². The van der Waals surface area contributed by atoms with Crippen molar-refractivity contribution >= 4 is 18.0 Å². The highest BCUT2D eigenvalue weighted by atomic mass is 16.6. The summed E-state index contributed by atoms with van der Waals surface area (Å²) in [5.41, 5.74) is 5.03. The van der Waals surface area contributed by atoms with Crippen molar-refractivity contribution in [3.8, 4) is 0 Å². The number of carbonyl (C=O) groups is 3. The Morgan fingerprint density at radius 1 is 1.17 bits per heavy atom. The molecule has 24 heavy (non-hydrogen) atoms. The fraction of sp³-hybridized carbons (Fsp3) is 0.812. The van der Waals surface area contributed by atoms with E-state index in [4.69, 9.17) is 15.6 Å². The van der Waals surface area contributed by atoms with Gasteiger partial charge in [-0.1, -0.05) is 13.8 Å². The number of nitrogens with two attached hydrogens (primary N) is 1. The molecule has 0 radical (unpaired) electrons. The van der Waals surface area contributed by atoms with Crippen LogP contribution in [0.3, 0.4) is 0 Å². The van der Waals surface area contributed by atoms with Crippen LogP contribution in [0.4, 0.5) is 4.79 Å². The third-order valence-corrected chi connectivity index (χ3v) is 3.23. The Morgan fingerprint density at radius 2 is 1.75 bits per heavy atom. The second kappa shape index (κ2) is 10.1. The fourth-order valence-corrected chi connectivity index (χ4v) is 1.81. The summed E-state index contributed by atoms with van der Waals surface area (Å²) < 4.78 is 5.04. The van der Waals surface area contributed by atoms with Gasteiger partial charge in [-0.2, -0.15) is 0 Å². The van der Waals surface area contributed by atoms with E-state index in [1.54, 1.807) is 20.8 Å². The Morgan fingerprint density at radius 3 is 2.21 bits per heavy atom. The molecular weight excluding hydrogens is 314 g/mol. The van der Waals surface area contributed by atoms with Crippen LogP contribution in [0.5, 0.6) is 0 Å². The summed E-state index contributed by atoms with van der Waals surface area (Å²) in [5.74, 6) is -1.28. The molecule has 5 N–H and O–H groups in total.